The third-order valence-corrected chi connectivity index (χ3v) is 9.54. The van der Waals surface area contributed by atoms with Crippen molar-refractivity contribution in [2.45, 2.75) is 17.2 Å². The van der Waals surface area contributed by atoms with Crippen LogP contribution in [0.15, 0.2) is 157 Å². The van der Waals surface area contributed by atoms with E-state index in [2.05, 4.69) is 10.1 Å². The number of aromatic nitrogens is 1. The highest BCUT2D eigenvalue weighted by Crippen LogP contribution is 2.47. The lowest BCUT2D eigenvalue weighted by Crippen LogP contribution is -2.51. The van der Waals surface area contributed by atoms with Crippen molar-refractivity contribution in [1.29, 1.82) is 0 Å². The number of pyridine rings is 1. The molecule has 0 bridgehead atoms. The summed E-state index contributed by atoms with van der Waals surface area (Å²) < 4.78 is 5.84. The topological polar surface area (TPSA) is 81.1 Å². The molecule has 1 aliphatic heterocycles. The molecule has 1 fully saturated rings. The van der Waals surface area contributed by atoms with Crippen LogP contribution < -0.4 is 4.74 Å². The zero-order chi connectivity index (χ0) is 33.5. The first-order valence-corrected chi connectivity index (χ1v) is 16.9. The van der Waals surface area contributed by atoms with Crippen LogP contribution in [0, 0.1) is 0 Å². The molecule has 1 atom stereocenters. The Morgan fingerprint density at radius 1 is 0.694 bits per heavy atom. The van der Waals surface area contributed by atoms with Gasteiger partial charge in [0.25, 0.3) is 5.24 Å². The van der Waals surface area contributed by atoms with E-state index in [0.717, 1.165) is 44.9 Å². The number of amides is 2. The number of para-hydroxylation sites is 1. The Morgan fingerprint density at radius 2 is 1.29 bits per heavy atom. The van der Waals surface area contributed by atoms with E-state index in [4.69, 9.17) is 9.57 Å². The molecule has 1 saturated heterocycles. The van der Waals surface area contributed by atoms with Gasteiger partial charge in [-0.15, -0.1) is 0 Å². The molecule has 1 unspecified atom stereocenters. The third-order valence-electron chi connectivity index (χ3n) is 8.50. The molecule has 0 aliphatic carbocycles. The number of hydrogen-bond acceptors (Lipinski definition) is 7. The maximum Gasteiger partial charge on any atom is 0.290 e. The van der Waals surface area contributed by atoms with Gasteiger partial charge in [-0.2, -0.15) is 0 Å². The largest absolute Gasteiger partial charge is 0.490 e. The van der Waals surface area contributed by atoms with Crippen molar-refractivity contribution in [1.82, 2.24) is 9.88 Å². The summed E-state index contributed by atoms with van der Waals surface area (Å²) in [7, 11) is 0. The first-order valence-electron chi connectivity index (χ1n) is 16.1. The van der Waals surface area contributed by atoms with Crippen LogP contribution in [0.1, 0.15) is 27.9 Å². The minimum absolute atomic E-state index is 0.219. The van der Waals surface area contributed by atoms with Gasteiger partial charge in [0.1, 0.15) is 17.9 Å². The maximum atomic E-state index is 14.4. The number of thioether (sulfide) groups is 1. The van der Waals surface area contributed by atoms with Crippen molar-refractivity contribution < 1.29 is 19.2 Å². The predicted molar refractivity (Wildman–Crippen MR) is 194 cm³/mol. The number of imide groups is 1. The molecule has 49 heavy (non-hydrogen) atoms. The lowest BCUT2D eigenvalue weighted by molar-refractivity contribution is -0.129. The Bertz CT molecular complexity index is 1980. The Kier molecular flexibility index (Phi) is 9.48. The summed E-state index contributed by atoms with van der Waals surface area (Å²) in [5, 5.41) is 4.24. The minimum Gasteiger partial charge on any atom is -0.490 e. The summed E-state index contributed by atoms with van der Waals surface area (Å²) in [6.07, 6.45) is 1.99. The normalized spacial score (nSPS) is 14.9. The first-order chi connectivity index (χ1) is 24.1. The molecule has 2 heterocycles. The average Bonchev–Trinajstić information content (AvgIpc) is 3.43. The molecule has 0 radical (unpaired) electrons. The monoisotopic (exact) mass is 663 g/mol. The number of nitrogens with zero attached hydrogens (tertiary/aromatic N) is 3. The number of carbonyl (C=O) groups excluding carboxylic acids is 2. The minimum atomic E-state index is -1.13. The second kappa shape index (κ2) is 14.6. The standard InChI is InChI=1S/C41H33N3O4S/c45-39-38(28-30-20-24-36(25-21-30)47-26-27-48-42-29-35-23-22-31-12-10-11-19-37(31)43-35)49-40(46)44(39)41(32-13-4-1-5-14-32,33-15-6-2-7-16-33)34-17-8-3-9-18-34/h1-25,29,38H,26-28H2. The highest BCUT2D eigenvalue weighted by Gasteiger charge is 2.53. The van der Waals surface area contributed by atoms with E-state index in [9.17, 15) is 9.59 Å². The smallest absolute Gasteiger partial charge is 0.290 e. The van der Waals surface area contributed by atoms with E-state index < -0.39 is 10.8 Å². The zero-order valence-corrected chi connectivity index (χ0v) is 27.4. The number of oxime groups is 1. The van der Waals surface area contributed by atoms with E-state index in [1.54, 1.807) is 6.21 Å². The van der Waals surface area contributed by atoms with Crippen LogP contribution in [0.3, 0.4) is 0 Å². The van der Waals surface area contributed by atoms with Gasteiger partial charge in [0, 0.05) is 5.39 Å². The molecule has 8 heteroatoms. The van der Waals surface area contributed by atoms with Crippen molar-refractivity contribution in [2.75, 3.05) is 13.2 Å². The summed E-state index contributed by atoms with van der Waals surface area (Å²) in [6, 6.07) is 48.8. The van der Waals surface area contributed by atoms with Crippen molar-refractivity contribution in [3.8, 4) is 5.75 Å². The fraction of sp³-hybridized carbons (Fsp3) is 0.122. The Morgan fingerprint density at radius 3 is 1.92 bits per heavy atom. The summed E-state index contributed by atoms with van der Waals surface area (Å²) in [5.74, 6) is 0.454. The number of rotatable bonds is 12. The molecule has 7 nitrogen and oxygen atoms in total. The zero-order valence-electron chi connectivity index (χ0n) is 26.6. The van der Waals surface area contributed by atoms with Gasteiger partial charge >= 0.3 is 0 Å². The van der Waals surface area contributed by atoms with E-state index >= 15 is 0 Å². The Labute approximate surface area is 289 Å². The average molecular weight is 664 g/mol. The number of fused-ring (bicyclic) bond motifs is 1. The van der Waals surface area contributed by atoms with Crippen molar-refractivity contribution in [3.05, 3.63) is 180 Å². The molecule has 5 aromatic carbocycles. The summed E-state index contributed by atoms with van der Waals surface area (Å²) in [4.78, 5) is 39.7. The number of benzene rings is 5. The van der Waals surface area contributed by atoms with Gasteiger partial charge in [-0.05, 0) is 52.9 Å². The molecule has 0 saturated carbocycles. The molecule has 6 aromatic rings. The van der Waals surface area contributed by atoms with E-state index in [1.807, 2.05) is 152 Å². The fourth-order valence-electron chi connectivity index (χ4n) is 6.25. The Balaban J connectivity index is 1.02. The molecule has 1 aliphatic rings. The van der Waals surface area contributed by atoms with Crippen LogP contribution in [0.2, 0.25) is 0 Å². The van der Waals surface area contributed by atoms with Gasteiger partial charge in [-0.1, -0.05) is 144 Å². The van der Waals surface area contributed by atoms with Crippen molar-refractivity contribution >= 4 is 40.0 Å². The summed E-state index contributed by atoms with van der Waals surface area (Å²) in [6.45, 7) is 0.575. The first kappa shape index (κ1) is 31.8. The molecule has 2 amide bonds. The predicted octanol–water partition coefficient (Wildman–Crippen LogP) is 8.26. The van der Waals surface area contributed by atoms with Crippen LogP contribution in [0.5, 0.6) is 5.75 Å². The van der Waals surface area contributed by atoms with E-state index in [-0.39, 0.29) is 17.8 Å². The molecule has 1 aromatic heterocycles. The lowest BCUT2D eigenvalue weighted by Gasteiger charge is -2.42. The number of ether oxygens (including phenoxy) is 1. The number of carbonyl (C=O) groups is 2. The molecule has 242 valence electrons. The highest BCUT2D eigenvalue weighted by atomic mass is 32.2. The highest BCUT2D eigenvalue weighted by molar-refractivity contribution is 8.15. The van der Waals surface area contributed by atoms with Gasteiger partial charge in [0.2, 0.25) is 5.91 Å². The molecular weight excluding hydrogens is 631 g/mol. The summed E-state index contributed by atoms with van der Waals surface area (Å²) in [5.41, 5.74) is 3.95. The van der Waals surface area contributed by atoms with Crippen LogP contribution in [-0.2, 0) is 21.6 Å². The number of hydrogen-bond donors (Lipinski definition) is 0. The molecule has 7 rings (SSSR count). The van der Waals surface area contributed by atoms with Gasteiger partial charge in [-0.3, -0.25) is 14.5 Å². The SMILES string of the molecule is O=C1SC(Cc2ccc(OCCON=Cc3ccc4ccccc4n3)cc2)C(=O)N1C(c1ccccc1)(c1ccccc1)c1ccccc1. The van der Waals surface area contributed by atoms with Gasteiger partial charge in [0.15, 0.2) is 6.61 Å². The van der Waals surface area contributed by atoms with E-state index in [0.29, 0.717) is 24.5 Å². The van der Waals surface area contributed by atoms with Crippen molar-refractivity contribution in [2.24, 2.45) is 5.16 Å². The van der Waals surface area contributed by atoms with Crippen LogP contribution >= 0.6 is 11.8 Å². The maximum absolute atomic E-state index is 14.4. The molecule has 0 N–H and O–H groups in total. The van der Waals surface area contributed by atoms with Gasteiger partial charge in [0.05, 0.1) is 22.7 Å². The van der Waals surface area contributed by atoms with E-state index in [1.165, 1.54) is 4.90 Å². The third kappa shape index (κ3) is 6.68. The van der Waals surface area contributed by atoms with Crippen LogP contribution in [0.4, 0.5) is 4.79 Å². The van der Waals surface area contributed by atoms with Crippen LogP contribution in [0.25, 0.3) is 10.9 Å². The molecule has 0 spiro atoms. The quantitative estimate of drug-likeness (QED) is 0.0568. The second-order valence-corrected chi connectivity index (χ2v) is 12.7. The van der Waals surface area contributed by atoms with Gasteiger partial charge < -0.3 is 9.57 Å². The fourth-order valence-corrected chi connectivity index (χ4v) is 7.30. The molecular formula is C41H33N3O4S. The Hall–Kier alpha value is -5.73. The van der Waals surface area contributed by atoms with Crippen LogP contribution in [-0.4, -0.2) is 45.7 Å². The second-order valence-electron chi connectivity index (χ2n) is 11.5. The lowest BCUT2D eigenvalue weighted by atomic mass is 9.75. The van der Waals surface area contributed by atoms with Gasteiger partial charge in [-0.25, -0.2) is 4.98 Å². The van der Waals surface area contributed by atoms with Crippen molar-refractivity contribution in [3.63, 3.8) is 0 Å². The summed E-state index contributed by atoms with van der Waals surface area (Å²) >= 11 is 1.08.